The number of esters is 1. The molecule has 0 spiro atoms. The number of benzene rings is 2. The minimum absolute atomic E-state index is 0.337. The largest absolute Gasteiger partial charge is 0.489 e. The lowest BCUT2D eigenvalue weighted by atomic mass is 10.1. The highest BCUT2D eigenvalue weighted by molar-refractivity contribution is 6.37. The lowest BCUT2D eigenvalue weighted by Crippen LogP contribution is -2.19. The Bertz CT molecular complexity index is 913. The smallest absolute Gasteiger partial charge is 0.352 e. The van der Waals surface area contributed by atoms with E-state index in [9.17, 15) is 4.79 Å². The van der Waals surface area contributed by atoms with Gasteiger partial charge in [0.05, 0.1) is 6.61 Å². The molecule has 5 heteroatoms. The molecule has 1 aromatic heterocycles. The van der Waals surface area contributed by atoms with E-state index in [1.807, 2.05) is 54.7 Å². The van der Waals surface area contributed by atoms with Gasteiger partial charge in [0.15, 0.2) is 0 Å². The van der Waals surface area contributed by atoms with Crippen LogP contribution in [0.15, 0.2) is 59.7 Å². The lowest BCUT2D eigenvalue weighted by molar-refractivity contribution is -0.135. The summed E-state index contributed by atoms with van der Waals surface area (Å²) in [6.07, 6.45) is 2.31. The highest BCUT2D eigenvalue weighted by Gasteiger charge is 2.15. The molecule has 3 aromatic rings. The Labute approximate surface area is 152 Å². The monoisotopic (exact) mass is 350 g/mol. The van der Waals surface area contributed by atoms with Crippen LogP contribution in [0.1, 0.15) is 18.1 Å². The van der Waals surface area contributed by atoms with Crippen molar-refractivity contribution in [2.75, 3.05) is 13.7 Å². The van der Waals surface area contributed by atoms with Crippen LogP contribution in [0.3, 0.4) is 0 Å². The number of nitrogens with zero attached hydrogens (tertiary/aromatic N) is 1. The van der Waals surface area contributed by atoms with Gasteiger partial charge in [-0.3, -0.25) is 4.99 Å². The quantitative estimate of drug-likeness (QED) is 0.519. The van der Waals surface area contributed by atoms with Crippen molar-refractivity contribution in [2.24, 2.45) is 4.99 Å². The number of hydrogen-bond donors (Lipinski definition) is 1. The first-order chi connectivity index (χ1) is 12.7. The number of carbonyl (C=O) groups is 1. The van der Waals surface area contributed by atoms with Crippen LogP contribution in [-0.2, 0) is 22.6 Å². The van der Waals surface area contributed by atoms with Gasteiger partial charge in [-0.25, -0.2) is 4.79 Å². The highest BCUT2D eigenvalue weighted by atomic mass is 16.5. The summed E-state index contributed by atoms with van der Waals surface area (Å²) in [4.78, 5) is 19.3. The van der Waals surface area contributed by atoms with Crippen LogP contribution < -0.4 is 4.74 Å². The van der Waals surface area contributed by atoms with Crippen LogP contribution in [0.2, 0.25) is 0 Å². The minimum Gasteiger partial charge on any atom is -0.489 e. The van der Waals surface area contributed by atoms with Crippen LogP contribution >= 0.6 is 0 Å². The van der Waals surface area contributed by atoms with Crippen LogP contribution in [0.4, 0.5) is 0 Å². The first kappa shape index (κ1) is 17.7. The van der Waals surface area contributed by atoms with E-state index in [-0.39, 0.29) is 5.97 Å². The van der Waals surface area contributed by atoms with Crippen molar-refractivity contribution in [3.63, 3.8) is 0 Å². The summed E-state index contributed by atoms with van der Waals surface area (Å²) in [5.41, 5.74) is 3.50. The number of aromatic nitrogens is 1. The molecule has 5 nitrogen and oxygen atoms in total. The van der Waals surface area contributed by atoms with Gasteiger partial charge >= 0.3 is 5.97 Å². The molecule has 0 aliphatic carbocycles. The average molecular weight is 350 g/mol. The first-order valence-corrected chi connectivity index (χ1v) is 8.60. The van der Waals surface area contributed by atoms with Gasteiger partial charge in [0.25, 0.3) is 0 Å². The number of nitrogens with one attached hydrogen (secondary N) is 1. The molecule has 0 fully saturated rings. The van der Waals surface area contributed by atoms with E-state index < -0.39 is 0 Å². The van der Waals surface area contributed by atoms with E-state index in [4.69, 9.17) is 9.47 Å². The van der Waals surface area contributed by atoms with Crippen molar-refractivity contribution in [1.82, 2.24) is 4.98 Å². The van der Waals surface area contributed by atoms with Crippen molar-refractivity contribution < 1.29 is 14.3 Å². The fourth-order valence-electron chi connectivity index (χ4n) is 2.77. The van der Waals surface area contributed by atoms with Crippen LogP contribution in [0.25, 0.3) is 10.9 Å². The number of fused-ring (bicyclic) bond motifs is 1. The second-order valence-corrected chi connectivity index (χ2v) is 5.86. The standard InChI is InChI=1S/C21H22N2O3/c1-3-25-21(24)20(22-2)11-16-13-23-19-10-9-17(12-18(16)19)26-14-15-7-5-4-6-8-15/h4-10,12-13,23H,3,11,14H2,1-2H3/b22-20-. The van der Waals surface area contributed by atoms with E-state index in [2.05, 4.69) is 9.98 Å². The van der Waals surface area contributed by atoms with Crippen LogP contribution in [-0.4, -0.2) is 30.3 Å². The predicted octanol–water partition coefficient (Wildman–Crippen LogP) is 3.92. The maximum Gasteiger partial charge on any atom is 0.352 e. The third-order valence-corrected chi connectivity index (χ3v) is 4.13. The Morgan fingerprint density at radius 3 is 2.69 bits per heavy atom. The summed E-state index contributed by atoms with van der Waals surface area (Å²) in [5.74, 6) is 0.411. The maximum absolute atomic E-state index is 12.0. The number of aliphatic imine (C=N–C) groups is 1. The number of carbonyl (C=O) groups excluding carboxylic acids is 1. The number of ether oxygens (including phenoxy) is 2. The summed E-state index contributed by atoms with van der Waals surface area (Å²) in [6, 6.07) is 15.9. The third kappa shape index (κ3) is 4.11. The number of hydrogen-bond acceptors (Lipinski definition) is 4. The molecule has 134 valence electrons. The Balaban J connectivity index is 1.78. The Hall–Kier alpha value is -3.08. The summed E-state index contributed by atoms with van der Waals surface area (Å²) < 4.78 is 11.0. The zero-order valence-electron chi connectivity index (χ0n) is 15.0. The molecule has 1 heterocycles. The molecule has 0 radical (unpaired) electrons. The van der Waals surface area contributed by atoms with Crippen molar-refractivity contribution in [3.8, 4) is 5.75 Å². The molecule has 0 saturated heterocycles. The molecule has 3 rings (SSSR count). The van der Waals surface area contributed by atoms with Crippen molar-refractivity contribution in [3.05, 3.63) is 65.9 Å². The van der Waals surface area contributed by atoms with Gasteiger partial charge < -0.3 is 14.5 Å². The number of aromatic amines is 1. The molecule has 0 bridgehead atoms. The maximum atomic E-state index is 12.0. The van der Waals surface area contributed by atoms with E-state index in [0.717, 1.165) is 27.8 Å². The summed E-state index contributed by atoms with van der Waals surface area (Å²) in [5, 5.41) is 1.01. The van der Waals surface area contributed by atoms with Gasteiger partial charge in [-0.05, 0) is 36.2 Å². The van der Waals surface area contributed by atoms with Gasteiger partial charge in [-0.1, -0.05) is 30.3 Å². The molecule has 0 saturated carbocycles. The Kier molecular flexibility index (Phi) is 5.69. The van der Waals surface area contributed by atoms with Crippen LogP contribution in [0, 0.1) is 0 Å². The fraction of sp³-hybridized carbons (Fsp3) is 0.238. The Morgan fingerprint density at radius 1 is 1.15 bits per heavy atom. The van der Waals surface area contributed by atoms with Gasteiger partial charge in [0, 0.05) is 30.6 Å². The van der Waals surface area contributed by atoms with Gasteiger partial charge in [0.1, 0.15) is 18.1 Å². The second-order valence-electron chi connectivity index (χ2n) is 5.86. The molecular formula is C21H22N2O3. The summed E-state index contributed by atoms with van der Waals surface area (Å²) in [6.45, 7) is 2.63. The molecule has 0 unspecified atom stereocenters. The molecule has 26 heavy (non-hydrogen) atoms. The van der Waals surface area contributed by atoms with E-state index in [1.165, 1.54) is 0 Å². The predicted molar refractivity (Wildman–Crippen MR) is 103 cm³/mol. The normalized spacial score (nSPS) is 11.5. The highest BCUT2D eigenvalue weighted by Crippen LogP contribution is 2.25. The lowest BCUT2D eigenvalue weighted by Gasteiger charge is -2.08. The molecular weight excluding hydrogens is 328 g/mol. The SMILES string of the molecule is CCOC(=O)/C(Cc1c[nH]c2ccc(OCc3ccccc3)cc12)=N\C. The second kappa shape index (κ2) is 8.34. The van der Waals surface area contributed by atoms with Gasteiger partial charge in [-0.2, -0.15) is 0 Å². The number of rotatable bonds is 7. The van der Waals surface area contributed by atoms with E-state index in [0.29, 0.717) is 25.3 Å². The molecule has 0 atom stereocenters. The summed E-state index contributed by atoms with van der Waals surface area (Å²) in [7, 11) is 1.61. The zero-order valence-corrected chi connectivity index (χ0v) is 15.0. The van der Waals surface area contributed by atoms with Crippen molar-refractivity contribution >= 4 is 22.6 Å². The minimum atomic E-state index is -0.374. The molecule has 0 aliphatic heterocycles. The average Bonchev–Trinajstić information content (AvgIpc) is 3.07. The molecule has 0 amide bonds. The molecule has 0 aliphatic rings. The zero-order chi connectivity index (χ0) is 18.4. The van der Waals surface area contributed by atoms with Crippen LogP contribution in [0.5, 0.6) is 5.75 Å². The van der Waals surface area contributed by atoms with E-state index >= 15 is 0 Å². The third-order valence-electron chi connectivity index (χ3n) is 4.13. The molecule has 1 N–H and O–H groups in total. The summed E-state index contributed by atoms with van der Waals surface area (Å²) >= 11 is 0. The van der Waals surface area contributed by atoms with Crippen molar-refractivity contribution in [2.45, 2.75) is 20.0 Å². The molecule has 2 aromatic carbocycles. The van der Waals surface area contributed by atoms with Gasteiger partial charge in [0.2, 0.25) is 0 Å². The fourth-order valence-corrected chi connectivity index (χ4v) is 2.77. The Morgan fingerprint density at radius 2 is 1.96 bits per heavy atom. The van der Waals surface area contributed by atoms with Gasteiger partial charge in [-0.15, -0.1) is 0 Å². The number of H-pyrrole nitrogens is 1. The van der Waals surface area contributed by atoms with Crippen molar-refractivity contribution in [1.29, 1.82) is 0 Å². The first-order valence-electron chi connectivity index (χ1n) is 8.60. The van der Waals surface area contributed by atoms with E-state index in [1.54, 1.807) is 14.0 Å². The topological polar surface area (TPSA) is 63.7 Å².